The Bertz CT molecular complexity index is 350. The molecule has 1 aromatic carbocycles. The number of hydrogen-bond acceptors (Lipinski definition) is 1. The predicted octanol–water partition coefficient (Wildman–Crippen LogP) is 3.04. The Hall–Kier alpha value is -1.05. The van der Waals surface area contributed by atoms with E-state index in [0.29, 0.717) is 6.04 Å². The molecule has 1 N–H and O–H groups in total. The van der Waals surface area contributed by atoms with Gasteiger partial charge in [-0.3, -0.25) is 0 Å². The fourth-order valence-corrected chi connectivity index (χ4v) is 2.68. The third-order valence-electron chi connectivity index (χ3n) is 3.52. The maximum absolute atomic E-state index is 12.9. The van der Waals surface area contributed by atoms with Gasteiger partial charge in [-0.05, 0) is 49.3 Å². The molecule has 2 heteroatoms. The maximum atomic E-state index is 12.9. The topological polar surface area (TPSA) is 12.0 Å². The van der Waals surface area contributed by atoms with Crippen LogP contribution in [0.15, 0.2) is 24.3 Å². The zero-order valence-electron chi connectivity index (χ0n) is 8.04. The number of rotatable bonds is 2. The van der Waals surface area contributed by atoms with Gasteiger partial charge in [-0.2, -0.15) is 0 Å². The highest BCUT2D eigenvalue weighted by atomic mass is 19.1. The lowest BCUT2D eigenvalue weighted by Crippen LogP contribution is -2.18. The van der Waals surface area contributed by atoms with Gasteiger partial charge >= 0.3 is 0 Å². The van der Waals surface area contributed by atoms with Crippen LogP contribution in [0.5, 0.6) is 0 Å². The Labute approximate surface area is 83.3 Å². The van der Waals surface area contributed by atoms with E-state index in [1.807, 2.05) is 6.07 Å². The summed E-state index contributed by atoms with van der Waals surface area (Å²) in [4.78, 5) is 0. The molecule has 1 nitrogen and oxygen atoms in total. The van der Waals surface area contributed by atoms with E-state index in [4.69, 9.17) is 0 Å². The molecular weight excluding hydrogens is 177 g/mol. The molecule has 3 rings (SSSR count). The summed E-state index contributed by atoms with van der Waals surface area (Å²) >= 11 is 0. The number of fused-ring (bicyclic) bond motifs is 1. The number of anilines is 1. The predicted molar refractivity (Wildman–Crippen MR) is 54.6 cm³/mol. The molecule has 2 aliphatic carbocycles. The lowest BCUT2D eigenvalue weighted by molar-refractivity contribution is 0.624. The third-order valence-corrected chi connectivity index (χ3v) is 3.52. The van der Waals surface area contributed by atoms with E-state index >= 15 is 0 Å². The molecule has 0 radical (unpaired) electrons. The van der Waals surface area contributed by atoms with Gasteiger partial charge in [-0.1, -0.05) is 6.07 Å². The van der Waals surface area contributed by atoms with Crippen molar-refractivity contribution in [2.45, 2.75) is 25.3 Å². The molecule has 0 heterocycles. The Morgan fingerprint density at radius 2 is 2.21 bits per heavy atom. The van der Waals surface area contributed by atoms with Crippen molar-refractivity contribution in [3.05, 3.63) is 30.1 Å². The fourth-order valence-electron chi connectivity index (χ4n) is 2.68. The van der Waals surface area contributed by atoms with Crippen molar-refractivity contribution in [2.75, 3.05) is 5.32 Å². The highest BCUT2D eigenvalue weighted by Crippen LogP contribution is 2.52. The molecule has 1 aromatic rings. The van der Waals surface area contributed by atoms with Crippen molar-refractivity contribution in [1.82, 2.24) is 0 Å². The zero-order valence-corrected chi connectivity index (χ0v) is 8.04. The van der Waals surface area contributed by atoms with E-state index in [1.165, 1.54) is 25.3 Å². The molecular formula is C12H14FN. The van der Waals surface area contributed by atoms with Crippen molar-refractivity contribution in [3.63, 3.8) is 0 Å². The first kappa shape index (κ1) is 8.27. The van der Waals surface area contributed by atoms with E-state index in [2.05, 4.69) is 5.32 Å². The molecule has 74 valence electrons. The van der Waals surface area contributed by atoms with Gasteiger partial charge in [0.25, 0.3) is 0 Å². The van der Waals surface area contributed by atoms with E-state index in [0.717, 1.165) is 17.5 Å². The van der Waals surface area contributed by atoms with E-state index in [-0.39, 0.29) is 5.82 Å². The van der Waals surface area contributed by atoms with Crippen LogP contribution in [-0.4, -0.2) is 6.04 Å². The summed E-state index contributed by atoms with van der Waals surface area (Å²) in [5.74, 6) is 1.69. The summed E-state index contributed by atoms with van der Waals surface area (Å²) in [6.45, 7) is 0. The Balaban J connectivity index is 1.71. The first-order chi connectivity index (χ1) is 6.83. The van der Waals surface area contributed by atoms with Crippen molar-refractivity contribution in [2.24, 2.45) is 11.8 Å². The zero-order chi connectivity index (χ0) is 9.54. The number of nitrogens with one attached hydrogen (secondary N) is 1. The minimum Gasteiger partial charge on any atom is -0.382 e. The average Bonchev–Trinajstić information content (AvgIpc) is 2.84. The van der Waals surface area contributed by atoms with E-state index < -0.39 is 0 Å². The van der Waals surface area contributed by atoms with E-state index in [1.54, 1.807) is 12.1 Å². The lowest BCUT2D eigenvalue weighted by atomic mass is 10.1. The molecule has 3 unspecified atom stereocenters. The maximum Gasteiger partial charge on any atom is 0.125 e. The van der Waals surface area contributed by atoms with Gasteiger partial charge in [-0.25, -0.2) is 4.39 Å². The van der Waals surface area contributed by atoms with Crippen LogP contribution in [0.3, 0.4) is 0 Å². The van der Waals surface area contributed by atoms with Crippen LogP contribution in [0.4, 0.5) is 10.1 Å². The lowest BCUT2D eigenvalue weighted by Gasteiger charge is -2.15. The van der Waals surface area contributed by atoms with Gasteiger partial charge in [0.2, 0.25) is 0 Å². The molecule has 0 aliphatic heterocycles. The minimum absolute atomic E-state index is 0.152. The fraction of sp³-hybridized carbons (Fsp3) is 0.500. The smallest absolute Gasteiger partial charge is 0.125 e. The Morgan fingerprint density at radius 1 is 1.29 bits per heavy atom. The second-order valence-corrected chi connectivity index (χ2v) is 4.50. The number of benzene rings is 1. The first-order valence-corrected chi connectivity index (χ1v) is 5.35. The van der Waals surface area contributed by atoms with Crippen LogP contribution in [0.25, 0.3) is 0 Å². The molecule has 0 aromatic heterocycles. The van der Waals surface area contributed by atoms with Crippen molar-refractivity contribution in [1.29, 1.82) is 0 Å². The van der Waals surface area contributed by atoms with Gasteiger partial charge in [0.05, 0.1) is 0 Å². The van der Waals surface area contributed by atoms with Gasteiger partial charge in [0, 0.05) is 11.7 Å². The highest BCUT2D eigenvalue weighted by molar-refractivity contribution is 5.44. The van der Waals surface area contributed by atoms with Crippen molar-refractivity contribution >= 4 is 5.69 Å². The molecule has 0 amide bonds. The van der Waals surface area contributed by atoms with Gasteiger partial charge in [-0.15, -0.1) is 0 Å². The molecule has 2 aliphatic rings. The van der Waals surface area contributed by atoms with Crippen LogP contribution >= 0.6 is 0 Å². The second kappa shape index (κ2) is 2.97. The van der Waals surface area contributed by atoms with Gasteiger partial charge in [0.1, 0.15) is 5.82 Å². The minimum atomic E-state index is -0.152. The van der Waals surface area contributed by atoms with Gasteiger partial charge in [0.15, 0.2) is 0 Å². The average molecular weight is 191 g/mol. The SMILES string of the molecule is Fc1cccc(NC2CCC3CC32)c1. The molecule has 0 spiro atoms. The summed E-state index contributed by atoms with van der Waals surface area (Å²) < 4.78 is 12.9. The monoisotopic (exact) mass is 191 g/mol. The quantitative estimate of drug-likeness (QED) is 0.757. The molecule has 0 bridgehead atoms. The van der Waals surface area contributed by atoms with Crippen LogP contribution in [-0.2, 0) is 0 Å². The summed E-state index contributed by atoms with van der Waals surface area (Å²) in [6, 6.07) is 7.37. The largest absolute Gasteiger partial charge is 0.382 e. The molecule has 2 saturated carbocycles. The highest BCUT2D eigenvalue weighted by Gasteiger charge is 2.47. The van der Waals surface area contributed by atoms with Gasteiger partial charge < -0.3 is 5.32 Å². The van der Waals surface area contributed by atoms with Crippen LogP contribution in [0, 0.1) is 17.7 Å². The number of hydrogen-bond donors (Lipinski definition) is 1. The Kier molecular flexibility index (Phi) is 1.76. The Morgan fingerprint density at radius 3 is 2.86 bits per heavy atom. The van der Waals surface area contributed by atoms with Crippen molar-refractivity contribution < 1.29 is 4.39 Å². The third kappa shape index (κ3) is 1.39. The van der Waals surface area contributed by atoms with E-state index in [9.17, 15) is 4.39 Å². The van der Waals surface area contributed by atoms with Crippen LogP contribution in [0.2, 0.25) is 0 Å². The first-order valence-electron chi connectivity index (χ1n) is 5.35. The summed E-state index contributed by atoms with van der Waals surface area (Å²) in [7, 11) is 0. The van der Waals surface area contributed by atoms with Crippen molar-refractivity contribution in [3.8, 4) is 0 Å². The molecule has 2 fully saturated rings. The summed E-state index contributed by atoms with van der Waals surface area (Å²) in [5, 5.41) is 3.43. The summed E-state index contributed by atoms with van der Waals surface area (Å²) in [6.07, 6.45) is 4.00. The molecule has 3 atom stereocenters. The number of halogens is 1. The normalized spacial score (nSPS) is 33.9. The molecule has 0 saturated heterocycles. The molecule has 14 heavy (non-hydrogen) atoms. The van der Waals surface area contributed by atoms with Crippen LogP contribution < -0.4 is 5.32 Å². The standard InChI is InChI=1S/C12H14FN/c13-9-2-1-3-10(7-9)14-12-5-4-8-6-11(8)12/h1-3,7-8,11-12,14H,4-6H2. The van der Waals surface area contributed by atoms with Crippen LogP contribution in [0.1, 0.15) is 19.3 Å². The second-order valence-electron chi connectivity index (χ2n) is 4.50. The summed E-state index contributed by atoms with van der Waals surface area (Å²) in [5.41, 5.74) is 0.933.